The summed E-state index contributed by atoms with van der Waals surface area (Å²) >= 11 is 0. The molecule has 0 saturated heterocycles. The van der Waals surface area contributed by atoms with E-state index in [0.29, 0.717) is 23.9 Å². The zero-order valence-corrected chi connectivity index (χ0v) is 16.4. The molecule has 4 rings (SSSR count). The van der Waals surface area contributed by atoms with Crippen molar-refractivity contribution in [3.8, 4) is 0 Å². The molecule has 4 saturated carbocycles. The fourth-order valence-electron chi connectivity index (χ4n) is 8.20. The fraction of sp³-hybridized carbons (Fsp3) is 1.00. The topological polar surface area (TPSA) is 49.7 Å². The molecule has 3 heteroatoms. The summed E-state index contributed by atoms with van der Waals surface area (Å²) in [6, 6.07) is 0. The van der Waals surface area contributed by atoms with Crippen molar-refractivity contribution in [3.05, 3.63) is 0 Å². The van der Waals surface area contributed by atoms with Crippen LogP contribution < -0.4 is 0 Å². The van der Waals surface area contributed by atoms with Gasteiger partial charge in [0.05, 0.1) is 18.3 Å². The molecule has 0 bridgehead atoms. The molecule has 1 unspecified atom stereocenters. The number of methoxy groups -OCH3 is 1. The first-order valence-electron chi connectivity index (χ1n) is 10.8. The van der Waals surface area contributed by atoms with Gasteiger partial charge < -0.3 is 14.9 Å². The second kappa shape index (κ2) is 6.49. The van der Waals surface area contributed by atoms with Crippen molar-refractivity contribution in [1.29, 1.82) is 0 Å². The Morgan fingerprint density at radius 3 is 2.48 bits per heavy atom. The summed E-state index contributed by atoms with van der Waals surface area (Å²) in [4.78, 5) is 0. The van der Waals surface area contributed by atoms with Crippen molar-refractivity contribution in [2.45, 2.75) is 83.3 Å². The average molecular weight is 351 g/mol. The van der Waals surface area contributed by atoms with Gasteiger partial charge in [-0.05, 0) is 106 Å². The lowest BCUT2D eigenvalue weighted by Crippen LogP contribution is -2.52. The largest absolute Gasteiger partial charge is 0.393 e. The van der Waals surface area contributed by atoms with E-state index in [-0.39, 0.29) is 6.10 Å². The van der Waals surface area contributed by atoms with E-state index in [1.165, 1.54) is 44.9 Å². The Morgan fingerprint density at radius 1 is 1.00 bits per heavy atom. The second-order valence-corrected chi connectivity index (χ2v) is 10.3. The van der Waals surface area contributed by atoms with Gasteiger partial charge >= 0.3 is 0 Å². The maximum absolute atomic E-state index is 10.8. The van der Waals surface area contributed by atoms with E-state index in [1.54, 1.807) is 7.11 Å². The van der Waals surface area contributed by atoms with Gasteiger partial charge in [-0.2, -0.15) is 0 Å². The number of ether oxygens (including phenoxy) is 1. The molecule has 4 aliphatic carbocycles. The molecular formula is C22H38O3. The van der Waals surface area contributed by atoms with E-state index < -0.39 is 5.60 Å². The van der Waals surface area contributed by atoms with Crippen molar-refractivity contribution in [2.75, 3.05) is 13.7 Å². The summed E-state index contributed by atoms with van der Waals surface area (Å²) in [5.41, 5.74) is -0.204. The monoisotopic (exact) mass is 350 g/mol. The van der Waals surface area contributed by atoms with Crippen molar-refractivity contribution in [1.82, 2.24) is 0 Å². The maximum Gasteiger partial charge on any atom is 0.0882 e. The first kappa shape index (κ1) is 18.3. The summed E-state index contributed by atoms with van der Waals surface area (Å²) in [6.07, 6.45) is 10.8. The number of hydrogen-bond donors (Lipinski definition) is 2. The lowest BCUT2D eigenvalue weighted by Gasteiger charge is -2.57. The molecule has 0 aromatic rings. The van der Waals surface area contributed by atoms with E-state index in [0.717, 1.165) is 36.5 Å². The Hall–Kier alpha value is -0.120. The minimum Gasteiger partial charge on any atom is -0.393 e. The number of aliphatic hydroxyl groups excluding tert-OH is 1. The highest BCUT2D eigenvalue weighted by atomic mass is 16.5. The summed E-state index contributed by atoms with van der Waals surface area (Å²) in [6.45, 7) is 5.00. The van der Waals surface area contributed by atoms with Crippen LogP contribution >= 0.6 is 0 Å². The molecule has 0 aromatic carbocycles. The third-order valence-corrected chi connectivity index (χ3v) is 9.17. The summed E-state index contributed by atoms with van der Waals surface area (Å²) in [5.74, 6) is 4.61. The highest BCUT2D eigenvalue weighted by Crippen LogP contribution is 2.65. The van der Waals surface area contributed by atoms with E-state index in [1.807, 2.05) is 6.92 Å². The van der Waals surface area contributed by atoms with Crippen molar-refractivity contribution in [2.24, 2.45) is 40.9 Å². The van der Waals surface area contributed by atoms with E-state index in [9.17, 15) is 10.2 Å². The lowest BCUT2D eigenvalue weighted by molar-refractivity contribution is -0.127. The van der Waals surface area contributed by atoms with Crippen LogP contribution in [0.3, 0.4) is 0 Å². The molecule has 0 aromatic heterocycles. The molecule has 3 nitrogen and oxygen atoms in total. The smallest absolute Gasteiger partial charge is 0.0882 e. The van der Waals surface area contributed by atoms with Crippen LogP contribution in [0.4, 0.5) is 0 Å². The Labute approximate surface area is 153 Å². The maximum atomic E-state index is 10.8. The first-order chi connectivity index (χ1) is 11.9. The summed E-state index contributed by atoms with van der Waals surface area (Å²) < 4.78 is 5.30. The van der Waals surface area contributed by atoms with Crippen LogP contribution in [0.15, 0.2) is 0 Å². The number of rotatable bonds is 3. The number of aliphatic hydroxyl groups is 2. The van der Waals surface area contributed by atoms with Crippen molar-refractivity contribution in [3.63, 3.8) is 0 Å². The molecule has 0 aliphatic heterocycles. The molecule has 0 amide bonds. The quantitative estimate of drug-likeness (QED) is 0.808. The van der Waals surface area contributed by atoms with Gasteiger partial charge in [0.25, 0.3) is 0 Å². The van der Waals surface area contributed by atoms with E-state index in [2.05, 4.69) is 6.92 Å². The van der Waals surface area contributed by atoms with Gasteiger partial charge in [-0.1, -0.05) is 6.92 Å². The standard InChI is InChI=1S/C22H38O3/c1-14(23)19-6-7-20-18-5-4-15-12-22(24,13-25-3)11-9-16(15)17(18)8-10-21(19,20)2/h14-20,23-24H,4-13H2,1-3H3/t14?,15-,16+,17-,18-,19-,20+,21-,22-/m1/s1. The highest BCUT2D eigenvalue weighted by molar-refractivity contribution is 5.07. The molecule has 25 heavy (non-hydrogen) atoms. The number of hydrogen-bond acceptors (Lipinski definition) is 3. The lowest BCUT2D eigenvalue weighted by atomic mass is 9.49. The molecule has 0 heterocycles. The van der Waals surface area contributed by atoms with Crippen LogP contribution in [-0.4, -0.2) is 35.6 Å². The summed E-state index contributed by atoms with van der Waals surface area (Å²) in [5, 5.41) is 21.1. The van der Waals surface area contributed by atoms with Crippen LogP contribution in [-0.2, 0) is 4.74 Å². The van der Waals surface area contributed by atoms with Crippen LogP contribution in [0.5, 0.6) is 0 Å². The van der Waals surface area contributed by atoms with Crippen molar-refractivity contribution >= 4 is 0 Å². The zero-order chi connectivity index (χ0) is 17.8. The minimum absolute atomic E-state index is 0.151. The van der Waals surface area contributed by atoms with Crippen molar-refractivity contribution < 1.29 is 14.9 Å². The van der Waals surface area contributed by atoms with Gasteiger partial charge in [-0.25, -0.2) is 0 Å². The molecular weight excluding hydrogens is 312 g/mol. The second-order valence-electron chi connectivity index (χ2n) is 10.3. The third-order valence-electron chi connectivity index (χ3n) is 9.17. The van der Waals surface area contributed by atoms with Crippen LogP contribution in [0.1, 0.15) is 71.6 Å². The van der Waals surface area contributed by atoms with Gasteiger partial charge in [0.2, 0.25) is 0 Å². The molecule has 0 radical (unpaired) electrons. The van der Waals surface area contributed by atoms with Gasteiger partial charge in [0, 0.05) is 7.11 Å². The Morgan fingerprint density at radius 2 is 1.76 bits per heavy atom. The Bertz CT molecular complexity index is 492. The Balaban J connectivity index is 1.50. The van der Waals surface area contributed by atoms with Crippen LogP contribution in [0, 0.1) is 40.9 Å². The van der Waals surface area contributed by atoms with E-state index in [4.69, 9.17) is 4.74 Å². The zero-order valence-electron chi connectivity index (χ0n) is 16.4. The van der Waals surface area contributed by atoms with Gasteiger partial charge in [0.1, 0.15) is 0 Å². The van der Waals surface area contributed by atoms with E-state index >= 15 is 0 Å². The fourth-order valence-corrected chi connectivity index (χ4v) is 8.20. The minimum atomic E-state index is -0.573. The van der Waals surface area contributed by atoms with Gasteiger partial charge in [0.15, 0.2) is 0 Å². The predicted octanol–water partition coefficient (Wildman–Crippen LogP) is 4.01. The Kier molecular flexibility index (Phi) is 4.74. The van der Waals surface area contributed by atoms with Crippen LogP contribution in [0.25, 0.3) is 0 Å². The van der Waals surface area contributed by atoms with Gasteiger partial charge in [-0.15, -0.1) is 0 Å². The molecule has 4 fully saturated rings. The normalized spacial score (nSPS) is 53.6. The number of fused-ring (bicyclic) bond motifs is 5. The SMILES string of the molecule is COC[C@@]1(O)CC[C@H]2[C@H](CC[C@@H]3[C@@H]2CC[C@]2(C)[C@@H](C(C)O)CC[C@@H]32)C1. The highest BCUT2D eigenvalue weighted by Gasteiger charge is 2.58. The van der Waals surface area contributed by atoms with Gasteiger partial charge in [-0.3, -0.25) is 0 Å². The third kappa shape index (κ3) is 2.89. The average Bonchev–Trinajstić information content (AvgIpc) is 2.91. The molecule has 9 atom stereocenters. The molecule has 144 valence electrons. The molecule has 0 spiro atoms. The van der Waals surface area contributed by atoms with Crippen LogP contribution in [0.2, 0.25) is 0 Å². The summed E-state index contributed by atoms with van der Waals surface area (Å²) in [7, 11) is 1.71. The first-order valence-corrected chi connectivity index (χ1v) is 10.8. The molecule has 4 aliphatic rings. The predicted molar refractivity (Wildman–Crippen MR) is 99.1 cm³/mol. The molecule has 2 N–H and O–H groups in total.